The Balaban J connectivity index is 1.75. The van der Waals surface area contributed by atoms with Crippen LogP contribution < -0.4 is 14.8 Å². The molecule has 0 atom stereocenters. The minimum absolute atomic E-state index is 0.142. The fraction of sp³-hybridized carbons (Fsp3) is 0.250. The Kier molecular flexibility index (Phi) is 8.48. The third-order valence-corrected chi connectivity index (χ3v) is 5.79. The lowest BCUT2D eigenvalue weighted by Gasteiger charge is -2.11. The van der Waals surface area contributed by atoms with Gasteiger partial charge in [0.05, 0.1) is 4.92 Å². The van der Waals surface area contributed by atoms with Crippen LogP contribution in [-0.2, 0) is 4.79 Å². The maximum atomic E-state index is 12.6. The summed E-state index contributed by atoms with van der Waals surface area (Å²) >= 11 is 1.21. The van der Waals surface area contributed by atoms with E-state index < -0.39 is 10.8 Å². The molecule has 0 bridgehead atoms. The van der Waals surface area contributed by atoms with E-state index in [1.807, 2.05) is 51.1 Å². The number of anilines is 1. The molecular weight excluding hydrogens is 470 g/mol. The lowest BCUT2D eigenvalue weighted by Crippen LogP contribution is -2.13. The van der Waals surface area contributed by atoms with Crippen molar-refractivity contribution >= 4 is 34.1 Å². The number of carbonyl (C=O) groups excluding carboxylic acids is 1. The molecule has 1 N–H and O–H groups in total. The Morgan fingerprint density at radius 2 is 1.91 bits per heavy atom. The summed E-state index contributed by atoms with van der Waals surface area (Å²) in [4.78, 5) is 23.3. The number of hydrogen-bond donors (Lipinski definition) is 1. The summed E-state index contributed by atoms with van der Waals surface area (Å²) in [5, 5.41) is 32.2. The predicted octanol–water partition coefficient (Wildman–Crippen LogP) is 4.88. The van der Waals surface area contributed by atoms with Crippen LogP contribution in [0.1, 0.15) is 35.9 Å². The maximum absolute atomic E-state index is 12.6. The van der Waals surface area contributed by atoms with E-state index in [1.165, 1.54) is 35.6 Å². The zero-order valence-electron chi connectivity index (χ0n) is 19.3. The Hall–Kier alpha value is -4.30. The molecule has 11 heteroatoms. The van der Waals surface area contributed by atoms with Crippen LogP contribution >= 0.6 is 11.3 Å². The molecule has 0 spiro atoms. The lowest BCUT2D eigenvalue weighted by atomic mass is 10.1. The molecule has 3 rings (SSSR count). The van der Waals surface area contributed by atoms with Gasteiger partial charge in [-0.25, -0.2) is 0 Å². The number of nitro benzene ring substituents is 1. The molecular formula is C24H23N5O5S. The minimum atomic E-state index is -0.709. The molecule has 0 aliphatic heterocycles. The SMILES string of the molecule is Cc1ccc(OCCOc2ccc([N+](=O)[O-])cc2C=C(C#N)C(=O)Nc2nnc(C(C)C)s2)cc1. The van der Waals surface area contributed by atoms with Crippen LogP contribution in [0.15, 0.2) is 48.0 Å². The van der Waals surface area contributed by atoms with Gasteiger partial charge in [-0.2, -0.15) is 5.26 Å². The molecule has 0 saturated heterocycles. The quantitative estimate of drug-likeness (QED) is 0.138. The average molecular weight is 494 g/mol. The van der Waals surface area contributed by atoms with Crippen LogP contribution in [0.2, 0.25) is 0 Å². The second-order valence-corrected chi connectivity index (χ2v) is 8.72. The summed E-state index contributed by atoms with van der Waals surface area (Å²) in [5.41, 5.74) is 0.844. The van der Waals surface area contributed by atoms with E-state index in [0.29, 0.717) is 5.75 Å². The van der Waals surface area contributed by atoms with E-state index in [0.717, 1.165) is 10.6 Å². The van der Waals surface area contributed by atoms with Crippen LogP contribution in [0, 0.1) is 28.4 Å². The van der Waals surface area contributed by atoms with Gasteiger partial charge in [0.1, 0.15) is 41.4 Å². The van der Waals surface area contributed by atoms with Crippen LogP contribution in [0.4, 0.5) is 10.8 Å². The van der Waals surface area contributed by atoms with Crippen molar-refractivity contribution in [2.75, 3.05) is 18.5 Å². The first-order valence-electron chi connectivity index (χ1n) is 10.6. The van der Waals surface area contributed by atoms with Gasteiger partial charge >= 0.3 is 0 Å². The minimum Gasteiger partial charge on any atom is -0.490 e. The smallest absolute Gasteiger partial charge is 0.270 e. The van der Waals surface area contributed by atoms with Gasteiger partial charge in [-0.15, -0.1) is 10.2 Å². The molecule has 0 aliphatic carbocycles. The third kappa shape index (κ3) is 7.09. The van der Waals surface area contributed by atoms with Gasteiger partial charge in [-0.1, -0.05) is 42.9 Å². The topological polar surface area (TPSA) is 140 Å². The fourth-order valence-corrected chi connectivity index (χ4v) is 3.57. The molecule has 1 aromatic heterocycles. The molecule has 35 heavy (non-hydrogen) atoms. The summed E-state index contributed by atoms with van der Waals surface area (Å²) in [7, 11) is 0. The van der Waals surface area contributed by atoms with Crippen molar-refractivity contribution < 1.29 is 19.2 Å². The summed E-state index contributed by atoms with van der Waals surface area (Å²) in [6, 6.07) is 13.3. The first-order chi connectivity index (χ1) is 16.8. The van der Waals surface area contributed by atoms with Gasteiger partial charge in [0.15, 0.2) is 0 Å². The first-order valence-corrected chi connectivity index (χ1v) is 11.5. The zero-order chi connectivity index (χ0) is 25.4. The van der Waals surface area contributed by atoms with Gasteiger partial charge < -0.3 is 9.47 Å². The highest BCUT2D eigenvalue weighted by atomic mass is 32.1. The Morgan fingerprint density at radius 3 is 2.54 bits per heavy atom. The van der Waals surface area contributed by atoms with Crippen LogP contribution in [0.3, 0.4) is 0 Å². The van der Waals surface area contributed by atoms with Crippen molar-refractivity contribution in [3.63, 3.8) is 0 Å². The van der Waals surface area contributed by atoms with E-state index in [4.69, 9.17) is 9.47 Å². The molecule has 180 valence electrons. The standard InChI is InChI=1S/C24H23N5O5S/c1-15(2)23-27-28-24(35-23)26-22(30)18(14-25)12-17-13-19(29(31)32)6-9-21(17)34-11-10-33-20-7-4-16(3)5-8-20/h4-9,12-13,15H,10-11H2,1-3H3,(H,26,28,30). The number of hydrogen-bond acceptors (Lipinski definition) is 9. The summed E-state index contributed by atoms with van der Waals surface area (Å²) in [5.74, 6) is 0.383. The van der Waals surface area contributed by atoms with Crippen molar-refractivity contribution in [2.24, 2.45) is 0 Å². The number of nitriles is 1. The normalized spacial score (nSPS) is 11.1. The number of nitrogens with zero attached hydrogens (tertiary/aromatic N) is 4. The van der Waals surface area contributed by atoms with E-state index in [2.05, 4.69) is 15.5 Å². The highest BCUT2D eigenvalue weighted by molar-refractivity contribution is 7.15. The number of ether oxygens (including phenoxy) is 2. The maximum Gasteiger partial charge on any atom is 0.270 e. The number of carbonyl (C=O) groups is 1. The van der Waals surface area contributed by atoms with E-state index >= 15 is 0 Å². The van der Waals surface area contributed by atoms with Gasteiger partial charge in [0.25, 0.3) is 11.6 Å². The van der Waals surface area contributed by atoms with Gasteiger partial charge in [0.2, 0.25) is 5.13 Å². The monoisotopic (exact) mass is 493 g/mol. The van der Waals surface area contributed by atoms with Crippen molar-refractivity contribution in [1.29, 1.82) is 5.26 Å². The largest absolute Gasteiger partial charge is 0.490 e. The van der Waals surface area contributed by atoms with Crippen molar-refractivity contribution in [3.05, 3.63) is 74.3 Å². The Morgan fingerprint density at radius 1 is 1.20 bits per heavy atom. The van der Waals surface area contributed by atoms with Gasteiger partial charge in [-0.3, -0.25) is 20.2 Å². The molecule has 0 saturated carbocycles. The van der Waals surface area contributed by atoms with E-state index in [9.17, 15) is 20.2 Å². The molecule has 1 heterocycles. The number of nitro groups is 1. The molecule has 1 amide bonds. The molecule has 0 unspecified atom stereocenters. The molecule has 0 fully saturated rings. The average Bonchev–Trinajstić information content (AvgIpc) is 3.30. The molecule has 0 aliphatic rings. The number of nitrogens with one attached hydrogen (secondary N) is 1. The van der Waals surface area contributed by atoms with Crippen molar-refractivity contribution in [2.45, 2.75) is 26.7 Å². The summed E-state index contributed by atoms with van der Waals surface area (Å²) in [6.45, 7) is 6.24. The molecule has 10 nitrogen and oxygen atoms in total. The molecule has 2 aromatic carbocycles. The Labute approximate surface area is 206 Å². The number of amides is 1. The summed E-state index contributed by atoms with van der Waals surface area (Å²) < 4.78 is 11.4. The van der Waals surface area contributed by atoms with Crippen LogP contribution in [0.25, 0.3) is 6.08 Å². The first kappa shape index (κ1) is 25.3. The number of aryl methyl sites for hydroxylation is 1. The highest BCUT2D eigenvalue weighted by Gasteiger charge is 2.17. The number of rotatable bonds is 10. The third-order valence-electron chi connectivity index (χ3n) is 4.65. The van der Waals surface area contributed by atoms with Gasteiger partial charge in [-0.05, 0) is 31.2 Å². The lowest BCUT2D eigenvalue weighted by molar-refractivity contribution is -0.384. The predicted molar refractivity (Wildman–Crippen MR) is 131 cm³/mol. The van der Waals surface area contributed by atoms with Crippen LogP contribution in [0.5, 0.6) is 11.5 Å². The van der Waals surface area contributed by atoms with Crippen molar-refractivity contribution in [1.82, 2.24) is 10.2 Å². The molecule has 3 aromatic rings. The van der Waals surface area contributed by atoms with Crippen LogP contribution in [-0.4, -0.2) is 34.2 Å². The highest BCUT2D eigenvalue weighted by Crippen LogP contribution is 2.27. The number of non-ortho nitro benzene ring substituents is 1. The second kappa shape index (κ2) is 11.7. The fourth-order valence-electron chi connectivity index (χ4n) is 2.83. The number of benzene rings is 2. The number of aromatic nitrogens is 2. The summed E-state index contributed by atoms with van der Waals surface area (Å²) in [6.07, 6.45) is 1.24. The zero-order valence-corrected chi connectivity index (χ0v) is 20.2. The Bertz CT molecular complexity index is 1280. The molecule has 0 radical (unpaired) electrons. The van der Waals surface area contributed by atoms with E-state index in [1.54, 1.807) is 0 Å². The van der Waals surface area contributed by atoms with Gasteiger partial charge in [0, 0.05) is 23.6 Å². The van der Waals surface area contributed by atoms with Crippen molar-refractivity contribution in [3.8, 4) is 17.6 Å². The second-order valence-electron chi connectivity index (χ2n) is 7.71. The van der Waals surface area contributed by atoms with E-state index in [-0.39, 0.29) is 46.8 Å².